The number of rotatable bonds is 4. The van der Waals surface area contributed by atoms with Crippen molar-refractivity contribution in [1.82, 2.24) is 9.55 Å². The number of methoxy groups -OCH3 is 1. The van der Waals surface area contributed by atoms with Crippen LogP contribution in [0.15, 0.2) is 30.6 Å². The summed E-state index contributed by atoms with van der Waals surface area (Å²) in [5.41, 5.74) is 1.60. The summed E-state index contributed by atoms with van der Waals surface area (Å²) in [7, 11) is 1.60. The molecule has 4 nitrogen and oxygen atoms in total. The molecule has 18 heavy (non-hydrogen) atoms. The Morgan fingerprint density at radius 3 is 2.89 bits per heavy atom. The molecular formula is C14H16N2O2. The van der Waals surface area contributed by atoms with Crippen LogP contribution in [0.2, 0.25) is 0 Å². The molecule has 2 rings (SSSR count). The van der Waals surface area contributed by atoms with Gasteiger partial charge < -0.3 is 9.30 Å². The predicted molar refractivity (Wildman–Crippen MR) is 69.1 cm³/mol. The van der Waals surface area contributed by atoms with Crippen LogP contribution in [0.25, 0.3) is 0 Å². The molecule has 0 bridgehead atoms. The number of ether oxygens (including phenoxy) is 1. The summed E-state index contributed by atoms with van der Waals surface area (Å²) in [6.45, 7) is 4.65. The molecule has 1 aromatic carbocycles. The summed E-state index contributed by atoms with van der Waals surface area (Å²) in [5, 5.41) is 0. The minimum Gasteiger partial charge on any atom is -0.496 e. The lowest BCUT2D eigenvalue weighted by atomic mass is 10.1. The van der Waals surface area contributed by atoms with E-state index in [0.717, 1.165) is 17.9 Å². The largest absolute Gasteiger partial charge is 0.496 e. The number of aromatic nitrogens is 2. The van der Waals surface area contributed by atoms with Crippen LogP contribution in [0.3, 0.4) is 0 Å². The number of hydrogen-bond donors (Lipinski definition) is 0. The van der Waals surface area contributed by atoms with Gasteiger partial charge in [-0.2, -0.15) is 0 Å². The monoisotopic (exact) mass is 244 g/mol. The van der Waals surface area contributed by atoms with Crippen LogP contribution < -0.4 is 4.74 Å². The van der Waals surface area contributed by atoms with Crippen LogP contribution >= 0.6 is 0 Å². The first kappa shape index (κ1) is 12.4. The number of hydrogen-bond acceptors (Lipinski definition) is 3. The Balaban J connectivity index is 2.40. The van der Waals surface area contributed by atoms with E-state index in [-0.39, 0.29) is 5.78 Å². The minimum absolute atomic E-state index is 0.0832. The van der Waals surface area contributed by atoms with Crippen LogP contribution in [0, 0.1) is 6.92 Å². The number of benzene rings is 1. The predicted octanol–water partition coefficient (Wildman–Crippen LogP) is 2.45. The van der Waals surface area contributed by atoms with Gasteiger partial charge in [-0.05, 0) is 25.5 Å². The van der Waals surface area contributed by atoms with Crippen molar-refractivity contribution < 1.29 is 9.53 Å². The Morgan fingerprint density at radius 2 is 2.22 bits per heavy atom. The molecule has 1 aromatic heterocycles. The molecule has 0 unspecified atom stereocenters. The maximum Gasteiger partial charge on any atom is 0.228 e. The summed E-state index contributed by atoms with van der Waals surface area (Å²) in [6.07, 6.45) is 3.45. The van der Waals surface area contributed by atoms with Gasteiger partial charge in [0.2, 0.25) is 5.78 Å². The number of carbonyl (C=O) groups excluding carboxylic acids is 1. The lowest BCUT2D eigenvalue weighted by molar-refractivity contribution is 0.102. The van der Waals surface area contributed by atoms with E-state index in [1.807, 2.05) is 24.5 Å². The molecule has 0 radical (unpaired) electrons. The van der Waals surface area contributed by atoms with E-state index >= 15 is 0 Å². The van der Waals surface area contributed by atoms with Gasteiger partial charge in [-0.25, -0.2) is 4.98 Å². The van der Waals surface area contributed by atoms with E-state index in [2.05, 4.69) is 4.98 Å². The molecule has 0 aliphatic rings. The zero-order chi connectivity index (χ0) is 13.1. The van der Waals surface area contributed by atoms with Crippen LogP contribution in [0.5, 0.6) is 5.75 Å². The Kier molecular flexibility index (Phi) is 3.46. The topological polar surface area (TPSA) is 44.1 Å². The number of carbonyl (C=O) groups is 1. The number of ketones is 1. The fourth-order valence-electron chi connectivity index (χ4n) is 1.86. The van der Waals surface area contributed by atoms with Gasteiger partial charge >= 0.3 is 0 Å². The Morgan fingerprint density at radius 1 is 1.44 bits per heavy atom. The SMILES string of the molecule is CCn1ccnc1C(=O)c1ccc(C)c(OC)c1. The third kappa shape index (κ3) is 2.14. The highest BCUT2D eigenvalue weighted by molar-refractivity contribution is 6.07. The second-order valence-electron chi connectivity index (χ2n) is 4.05. The number of aryl methyl sites for hydroxylation is 2. The number of imidazole rings is 1. The zero-order valence-corrected chi connectivity index (χ0v) is 10.8. The molecule has 4 heteroatoms. The maximum absolute atomic E-state index is 12.3. The van der Waals surface area contributed by atoms with Crippen molar-refractivity contribution in [2.24, 2.45) is 0 Å². The fraction of sp³-hybridized carbons (Fsp3) is 0.286. The second kappa shape index (κ2) is 5.04. The van der Waals surface area contributed by atoms with E-state index in [9.17, 15) is 4.79 Å². The van der Waals surface area contributed by atoms with Gasteiger partial charge in [-0.1, -0.05) is 12.1 Å². The Hall–Kier alpha value is -2.10. The molecule has 0 spiro atoms. The molecule has 0 amide bonds. The molecule has 0 atom stereocenters. The van der Waals surface area contributed by atoms with Gasteiger partial charge in [0.05, 0.1) is 7.11 Å². The molecule has 2 aromatic rings. The van der Waals surface area contributed by atoms with E-state index < -0.39 is 0 Å². The first-order valence-electron chi connectivity index (χ1n) is 5.87. The van der Waals surface area contributed by atoms with Crippen LogP contribution in [0.1, 0.15) is 28.7 Å². The standard InChI is InChI=1S/C14H16N2O2/c1-4-16-8-7-15-14(16)13(17)11-6-5-10(2)12(9-11)18-3/h5-9H,4H2,1-3H3. The molecule has 1 heterocycles. The molecule has 0 N–H and O–H groups in total. The summed E-state index contributed by atoms with van der Waals surface area (Å²) in [4.78, 5) is 16.4. The van der Waals surface area contributed by atoms with Crippen molar-refractivity contribution in [3.05, 3.63) is 47.5 Å². The normalized spacial score (nSPS) is 10.4. The van der Waals surface area contributed by atoms with E-state index in [1.54, 1.807) is 31.6 Å². The smallest absolute Gasteiger partial charge is 0.228 e. The Labute approximate surface area is 106 Å². The highest BCUT2D eigenvalue weighted by atomic mass is 16.5. The van der Waals surface area contributed by atoms with Crippen LogP contribution in [0.4, 0.5) is 0 Å². The summed E-state index contributed by atoms with van der Waals surface area (Å²) in [6, 6.07) is 5.44. The van der Waals surface area contributed by atoms with Crippen molar-refractivity contribution in [3.63, 3.8) is 0 Å². The molecule has 94 valence electrons. The average molecular weight is 244 g/mol. The van der Waals surface area contributed by atoms with Gasteiger partial charge in [0.25, 0.3) is 0 Å². The lowest BCUT2D eigenvalue weighted by Crippen LogP contribution is -2.10. The van der Waals surface area contributed by atoms with Gasteiger partial charge in [-0.15, -0.1) is 0 Å². The minimum atomic E-state index is -0.0832. The lowest BCUT2D eigenvalue weighted by Gasteiger charge is -2.07. The third-order valence-electron chi connectivity index (χ3n) is 2.93. The summed E-state index contributed by atoms with van der Waals surface area (Å²) < 4.78 is 7.06. The van der Waals surface area contributed by atoms with Crippen molar-refractivity contribution in [3.8, 4) is 5.75 Å². The van der Waals surface area contributed by atoms with Crippen molar-refractivity contribution in [1.29, 1.82) is 0 Å². The van der Waals surface area contributed by atoms with Crippen molar-refractivity contribution in [2.45, 2.75) is 20.4 Å². The van der Waals surface area contributed by atoms with Gasteiger partial charge in [-0.3, -0.25) is 4.79 Å². The van der Waals surface area contributed by atoms with E-state index in [1.165, 1.54) is 0 Å². The first-order chi connectivity index (χ1) is 8.67. The average Bonchev–Trinajstić information content (AvgIpc) is 2.86. The van der Waals surface area contributed by atoms with E-state index in [4.69, 9.17) is 4.74 Å². The molecule has 0 fully saturated rings. The van der Waals surface area contributed by atoms with Crippen molar-refractivity contribution >= 4 is 5.78 Å². The van der Waals surface area contributed by atoms with Crippen molar-refractivity contribution in [2.75, 3.05) is 7.11 Å². The number of nitrogens with zero attached hydrogens (tertiary/aromatic N) is 2. The summed E-state index contributed by atoms with van der Waals surface area (Å²) >= 11 is 0. The molecule has 0 saturated heterocycles. The third-order valence-corrected chi connectivity index (χ3v) is 2.93. The quantitative estimate of drug-likeness (QED) is 0.776. The molecule has 0 aliphatic carbocycles. The van der Waals surface area contributed by atoms with Crippen LogP contribution in [-0.2, 0) is 6.54 Å². The summed E-state index contributed by atoms with van der Waals surface area (Å²) in [5.74, 6) is 1.10. The van der Waals surface area contributed by atoms with Gasteiger partial charge in [0, 0.05) is 24.5 Å². The van der Waals surface area contributed by atoms with Gasteiger partial charge in [0.1, 0.15) is 5.75 Å². The fourth-order valence-corrected chi connectivity index (χ4v) is 1.86. The first-order valence-corrected chi connectivity index (χ1v) is 5.87. The zero-order valence-electron chi connectivity index (χ0n) is 10.8. The highest BCUT2D eigenvalue weighted by Crippen LogP contribution is 2.20. The second-order valence-corrected chi connectivity index (χ2v) is 4.05. The van der Waals surface area contributed by atoms with Crippen LogP contribution in [-0.4, -0.2) is 22.4 Å². The van der Waals surface area contributed by atoms with Gasteiger partial charge in [0.15, 0.2) is 5.82 Å². The molecule has 0 saturated carbocycles. The van der Waals surface area contributed by atoms with E-state index in [0.29, 0.717) is 11.4 Å². The highest BCUT2D eigenvalue weighted by Gasteiger charge is 2.15. The Bertz CT molecular complexity index is 573. The molecular weight excluding hydrogens is 228 g/mol. The molecule has 0 aliphatic heterocycles. The maximum atomic E-state index is 12.3.